The lowest BCUT2D eigenvalue weighted by atomic mass is 9.97. The highest BCUT2D eigenvalue weighted by molar-refractivity contribution is 9.10. The first-order valence-corrected chi connectivity index (χ1v) is 11.4. The van der Waals surface area contributed by atoms with Crippen molar-refractivity contribution < 1.29 is 23.7 Å². The van der Waals surface area contributed by atoms with Crippen molar-refractivity contribution in [2.24, 2.45) is 0 Å². The zero-order valence-corrected chi connectivity index (χ0v) is 20.9. The van der Waals surface area contributed by atoms with Gasteiger partial charge in [0.15, 0.2) is 23.0 Å². The minimum absolute atomic E-state index is 0.191. The van der Waals surface area contributed by atoms with E-state index < -0.39 is 0 Å². The van der Waals surface area contributed by atoms with Crippen LogP contribution in [0.3, 0.4) is 0 Å². The van der Waals surface area contributed by atoms with Crippen LogP contribution in [0.2, 0.25) is 0 Å². The average molecular weight is 503 g/mol. The fourth-order valence-corrected chi connectivity index (χ4v) is 4.59. The van der Waals surface area contributed by atoms with Crippen molar-refractivity contribution in [3.8, 4) is 23.0 Å². The normalized spacial score (nSPS) is 14.3. The van der Waals surface area contributed by atoms with Crippen LogP contribution in [0.15, 0.2) is 28.7 Å². The smallest absolute Gasteiger partial charge is 0.255 e. The predicted octanol–water partition coefficient (Wildman–Crippen LogP) is 4.05. The Labute approximate surface area is 198 Å². The summed E-state index contributed by atoms with van der Waals surface area (Å²) in [5.41, 5.74) is 2.95. The van der Waals surface area contributed by atoms with Crippen molar-refractivity contribution in [2.45, 2.75) is 32.4 Å². The number of benzene rings is 2. The highest BCUT2D eigenvalue weighted by atomic mass is 75.9. The number of carbonyl (C=O) groups is 1. The van der Waals surface area contributed by atoms with Crippen LogP contribution >= 0.6 is 15.9 Å². The summed E-state index contributed by atoms with van der Waals surface area (Å²) >= 11 is 3.44. The van der Waals surface area contributed by atoms with Crippen LogP contribution in [-0.2, 0) is 13.0 Å². The topological polar surface area (TPSA) is 69.3 Å². The molecule has 0 radical (unpaired) electrons. The van der Waals surface area contributed by atoms with E-state index in [4.69, 9.17) is 18.9 Å². The molecule has 0 aromatic heterocycles. The van der Waals surface area contributed by atoms with Crippen LogP contribution < -0.4 is 24.3 Å². The third-order valence-electron chi connectivity index (χ3n) is 5.92. The van der Waals surface area contributed by atoms with Gasteiger partial charge < -0.3 is 24.3 Å². The third kappa shape index (κ3) is 5.13. The first kappa shape index (κ1) is 24.2. The molecule has 2 aromatic rings. The first-order chi connectivity index (χ1) is 15.4. The van der Waals surface area contributed by atoms with Gasteiger partial charge in [-0.15, -0.1) is 0 Å². The van der Waals surface area contributed by atoms with Gasteiger partial charge in [0.1, 0.15) is 0 Å². The zero-order valence-electron chi connectivity index (χ0n) is 19.3. The van der Waals surface area contributed by atoms with Gasteiger partial charge in [-0.1, -0.05) is 22.9 Å². The van der Waals surface area contributed by atoms with E-state index in [1.165, 1.54) is 18.2 Å². The van der Waals surface area contributed by atoms with E-state index in [1.807, 2.05) is 0 Å². The van der Waals surface area contributed by atoms with E-state index in [1.54, 1.807) is 33.5 Å². The summed E-state index contributed by atoms with van der Waals surface area (Å²) in [6, 6.07) is 7.86. The zero-order chi connectivity index (χ0) is 23.3. The van der Waals surface area contributed by atoms with Gasteiger partial charge in [0.25, 0.3) is 5.91 Å². The standard InChI is InChI=1S/C24H31BrN2O5/c1-6-18(13-26-24(28)19-11-17(25)12-22(31-4)23(19)32-5)27-8-7-15-9-20(29-2)21(30-3)10-16(15)14-27/h9-12,18H,6-8,13-14H2,1-5H3,(H,26,28)/i25-4. The summed E-state index contributed by atoms with van der Waals surface area (Å²) in [5.74, 6) is 2.25. The van der Waals surface area contributed by atoms with Crippen LogP contribution in [0.1, 0.15) is 34.8 Å². The summed E-state index contributed by atoms with van der Waals surface area (Å²) in [4.78, 5) is 15.4. The van der Waals surface area contributed by atoms with Gasteiger partial charge >= 0.3 is 0 Å². The Morgan fingerprint density at radius 1 is 1.00 bits per heavy atom. The summed E-state index contributed by atoms with van der Waals surface area (Å²) in [7, 11) is 6.40. The molecule has 32 heavy (non-hydrogen) atoms. The highest BCUT2D eigenvalue weighted by Gasteiger charge is 2.25. The molecule has 7 nitrogen and oxygen atoms in total. The molecule has 3 rings (SSSR count). The largest absolute Gasteiger partial charge is 0.493 e. The monoisotopic (exact) mass is 503 g/mol. The lowest BCUT2D eigenvalue weighted by Gasteiger charge is -2.35. The molecule has 0 saturated carbocycles. The molecule has 1 aliphatic rings. The van der Waals surface area contributed by atoms with Crippen molar-refractivity contribution >= 4 is 21.8 Å². The highest BCUT2D eigenvalue weighted by Crippen LogP contribution is 2.35. The van der Waals surface area contributed by atoms with Crippen molar-refractivity contribution in [3.63, 3.8) is 0 Å². The Kier molecular flexibility index (Phi) is 8.26. The number of ether oxygens (including phenoxy) is 4. The van der Waals surface area contributed by atoms with Crippen LogP contribution in [0.5, 0.6) is 23.0 Å². The van der Waals surface area contributed by atoms with E-state index in [0.717, 1.165) is 41.9 Å². The number of rotatable bonds is 9. The SMILES string of the molecule is CCC(CNC(=O)c1cc([76Br])cc(OC)c1OC)N1CCc2cc(OC)c(OC)cc2C1. The lowest BCUT2D eigenvalue weighted by Crippen LogP contribution is -2.45. The molecular formula is C24H31BrN2O5. The number of fused-ring (bicyclic) bond motifs is 1. The molecule has 0 bridgehead atoms. The molecule has 1 atom stereocenters. The molecule has 0 spiro atoms. The van der Waals surface area contributed by atoms with Crippen LogP contribution in [0.25, 0.3) is 0 Å². The number of halogens is 1. The summed E-state index contributed by atoms with van der Waals surface area (Å²) in [6.45, 7) is 4.41. The Morgan fingerprint density at radius 3 is 2.25 bits per heavy atom. The van der Waals surface area contributed by atoms with Crippen molar-refractivity contribution in [1.82, 2.24) is 10.2 Å². The quantitative estimate of drug-likeness (QED) is 0.557. The number of hydrogen-bond acceptors (Lipinski definition) is 6. The number of hydrogen-bond donors (Lipinski definition) is 1. The maximum Gasteiger partial charge on any atom is 0.255 e. The number of amides is 1. The third-order valence-corrected chi connectivity index (χ3v) is 6.38. The van der Waals surface area contributed by atoms with Gasteiger partial charge in [-0.25, -0.2) is 0 Å². The van der Waals surface area contributed by atoms with Crippen LogP contribution in [0, 0.1) is 0 Å². The lowest BCUT2D eigenvalue weighted by molar-refractivity contribution is 0.0922. The van der Waals surface area contributed by atoms with E-state index in [0.29, 0.717) is 23.6 Å². The summed E-state index contributed by atoms with van der Waals surface area (Å²) in [5, 5.41) is 3.08. The second-order valence-electron chi connectivity index (χ2n) is 7.66. The van der Waals surface area contributed by atoms with Crippen LogP contribution in [0.4, 0.5) is 0 Å². The molecular weight excluding hydrogens is 472 g/mol. The second kappa shape index (κ2) is 10.9. The van der Waals surface area contributed by atoms with E-state index in [9.17, 15) is 4.79 Å². The predicted molar refractivity (Wildman–Crippen MR) is 127 cm³/mol. The summed E-state index contributed by atoms with van der Waals surface area (Å²) in [6.07, 6.45) is 1.85. The fourth-order valence-electron chi connectivity index (χ4n) is 4.15. The molecule has 174 valence electrons. The van der Waals surface area contributed by atoms with E-state index in [2.05, 4.69) is 45.2 Å². The molecule has 0 saturated heterocycles. The molecule has 0 fully saturated rings. The van der Waals surface area contributed by atoms with Gasteiger partial charge in [-0.3, -0.25) is 9.69 Å². The number of methoxy groups -OCH3 is 4. The molecule has 1 N–H and O–H groups in total. The Hall–Kier alpha value is -2.45. The van der Waals surface area contributed by atoms with Gasteiger partial charge in [-0.2, -0.15) is 0 Å². The van der Waals surface area contributed by atoms with Crippen molar-refractivity contribution in [1.29, 1.82) is 0 Å². The molecule has 2 aromatic carbocycles. The van der Waals surface area contributed by atoms with E-state index >= 15 is 0 Å². The van der Waals surface area contributed by atoms with Gasteiger partial charge in [0.2, 0.25) is 0 Å². The number of nitrogens with one attached hydrogen (secondary N) is 1. The molecule has 1 aliphatic heterocycles. The number of carbonyl (C=O) groups excluding carboxylic acids is 1. The Morgan fingerprint density at radius 2 is 1.66 bits per heavy atom. The van der Waals surface area contributed by atoms with Gasteiger partial charge in [-0.05, 0) is 48.2 Å². The molecule has 0 aliphatic carbocycles. The number of nitrogens with zero attached hydrogens (tertiary/aromatic N) is 1. The second-order valence-corrected chi connectivity index (χ2v) is 8.57. The van der Waals surface area contributed by atoms with Crippen molar-refractivity contribution in [2.75, 3.05) is 41.5 Å². The maximum atomic E-state index is 13.0. The minimum Gasteiger partial charge on any atom is -0.493 e. The van der Waals surface area contributed by atoms with Crippen LogP contribution in [-0.4, -0.2) is 58.4 Å². The maximum absolute atomic E-state index is 13.0. The Bertz CT molecular complexity index is 966. The fraction of sp³-hybridized carbons (Fsp3) is 0.458. The molecule has 1 heterocycles. The van der Waals surface area contributed by atoms with Crippen molar-refractivity contribution in [3.05, 3.63) is 45.4 Å². The summed E-state index contributed by atoms with van der Waals surface area (Å²) < 4.78 is 22.5. The minimum atomic E-state index is -0.191. The van der Waals surface area contributed by atoms with Gasteiger partial charge in [0, 0.05) is 30.1 Å². The molecule has 1 amide bonds. The Balaban J connectivity index is 1.72. The van der Waals surface area contributed by atoms with E-state index in [-0.39, 0.29) is 11.9 Å². The molecule has 8 heteroatoms. The first-order valence-electron chi connectivity index (χ1n) is 10.6. The van der Waals surface area contributed by atoms with Gasteiger partial charge in [0.05, 0.1) is 34.0 Å². The molecule has 1 unspecified atom stereocenters. The average Bonchev–Trinajstić information content (AvgIpc) is 2.82.